The Morgan fingerprint density at radius 2 is 1.97 bits per heavy atom. The Bertz CT molecular complexity index is 989. The van der Waals surface area contributed by atoms with Crippen LogP contribution in [0.15, 0.2) is 47.6 Å². The Labute approximate surface area is 179 Å². The number of nitrogens with one attached hydrogen (secondary N) is 1. The highest BCUT2D eigenvalue weighted by molar-refractivity contribution is 7.99. The van der Waals surface area contributed by atoms with E-state index < -0.39 is 0 Å². The van der Waals surface area contributed by atoms with Crippen molar-refractivity contribution in [3.05, 3.63) is 64.4 Å². The van der Waals surface area contributed by atoms with Crippen LogP contribution in [0.2, 0.25) is 5.02 Å². The molecule has 6 nitrogen and oxygen atoms in total. The van der Waals surface area contributed by atoms with E-state index in [1.54, 1.807) is 12.1 Å². The average molecular weight is 431 g/mol. The van der Waals surface area contributed by atoms with E-state index in [-0.39, 0.29) is 11.7 Å². The normalized spacial score (nSPS) is 10.8. The molecule has 3 aromatic rings. The molecule has 152 valence electrons. The molecule has 8 heteroatoms. The standard InChI is InChI=1S/C21H23ClN4O2S/c1-4-15-5-8-17(9-6-15)28-12-19-24-25-21(26(19)3)29-13-20(27)23-18-10-7-16(22)11-14(18)2/h5-11H,4,12-13H2,1-3H3,(H,23,27). The first-order valence-electron chi connectivity index (χ1n) is 9.25. The van der Waals surface area contributed by atoms with Crippen LogP contribution < -0.4 is 10.1 Å². The summed E-state index contributed by atoms with van der Waals surface area (Å²) in [4.78, 5) is 12.3. The largest absolute Gasteiger partial charge is 0.486 e. The maximum absolute atomic E-state index is 12.3. The molecule has 0 bridgehead atoms. The third-order valence-corrected chi connectivity index (χ3v) is 5.67. The van der Waals surface area contributed by atoms with Gasteiger partial charge >= 0.3 is 0 Å². The number of benzene rings is 2. The van der Waals surface area contributed by atoms with E-state index in [4.69, 9.17) is 16.3 Å². The number of aryl methyl sites for hydroxylation is 2. The maximum atomic E-state index is 12.3. The predicted molar refractivity (Wildman–Crippen MR) is 117 cm³/mol. The van der Waals surface area contributed by atoms with Crippen molar-refractivity contribution in [1.29, 1.82) is 0 Å². The summed E-state index contributed by atoms with van der Waals surface area (Å²) in [5.41, 5.74) is 2.93. The van der Waals surface area contributed by atoms with Crippen molar-refractivity contribution in [2.75, 3.05) is 11.1 Å². The number of aromatic nitrogens is 3. The fraction of sp³-hybridized carbons (Fsp3) is 0.286. The molecule has 2 aromatic carbocycles. The fourth-order valence-electron chi connectivity index (χ4n) is 2.65. The molecule has 0 aliphatic rings. The highest BCUT2D eigenvalue weighted by Gasteiger charge is 2.13. The summed E-state index contributed by atoms with van der Waals surface area (Å²) >= 11 is 7.27. The zero-order chi connectivity index (χ0) is 20.8. The molecule has 0 aliphatic heterocycles. The van der Waals surface area contributed by atoms with Crippen LogP contribution in [0.25, 0.3) is 0 Å². The Morgan fingerprint density at radius 3 is 2.66 bits per heavy atom. The zero-order valence-electron chi connectivity index (χ0n) is 16.6. The van der Waals surface area contributed by atoms with E-state index in [9.17, 15) is 4.79 Å². The van der Waals surface area contributed by atoms with Crippen LogP contribution in [0.5, 0.6) is 5.75 Å². The second-order valence-electron chi connectivity index (χ2n) is 6.54. The Balaban J connectivity index is 1.52. The van der Waals surface area contributed by atoms with E-state index >= 15 is 0 Å². The van der Waals surface area contributed by atoms with Gasteiger partial charge in [0.15, 0.2) is 11.0 Å². The second kappa shape index (κ2) is 9.80. The van der Waals surface area contributed by atoms with Crippen molar-refractivity contribution in [1.82, 2.24) is 14.8 Å². The van der Waals surface area contributed by atoms with Gasteiger partial charge in [-0.3, -0.25) is 4.79 Å². The fourth-order valence-corrected chi connectivity index (χ4v) is 3.61. The third kappa shape index (κ3) is 5.74. The average Bonchev–Trinajstić information content (AvgIpc) is 3.07. The molecule has 1 amide bonds. The number of nitrogens with zero attached hydrogens (tertiary/aromatic N) is 3. The van der Waals surface area contributed by atoms with Crippen LogP contribution in [-0.4, -0.2) is 26.4 Å². The molecule has 0 aliphatic carbocycles. The van der Waals surface area contributed by atoms with Crippen molar-refractivity contribution >= 4 is 35.0 Å². The van der Waals surface area contributed by atoms with E-state index in [0.717, 1.165) is 23.4 Å². The van der Waals surface area contributed by atoms with Crippen LogP contribution in [0, 0.1) is 6.92 Å². The van der Waals surface area contributed by atoms with Crippen molar-refractivity contribution in [3.8, 4) is 5.75 Å². The number of carbonyl (C=O) groups is 1. The molecule has 0 fully saturated rings. The van der Waals surface area contributed by atoms with Crippen LogP contribution >= 0.6 is 23.4 Å². The number of carbonyl (C=O) groups excluding carboxylic acids is 1. The number of halogens is 1. The molecule has 0 radical (unpaired) electrons. The van der Waals surface area contributed by atoms with Gasteiger partial charge in [-0.25, -0.2) is 0 Å². The van der Waals surface area contributed by atoms with Gasteiger partial charge in [0.05, 0.1) is 5.75 Å². The molecule has 29 heavy (non-hydrogen) atoms. The van der Waals surface area contributed by atoms with Gasteiger partial charge in [-0.1, -0.05) is 42.4 Å². The molecule has 0 spiro atoms. The smallest absolute Gasteiger partial charge is 0.234 e. The minimum Gasteiger partial charge on any atom is -0.486 e. The van der Waals surface area contributed by atoms with E-state index in [0.29, 0.717) is 22.6 Å². The first-order valence-corrected chi connectivity index (χ1v) is 10.6. The van der Waals surface area contributed by atoms with Gasteiger partial charge in [0.1, 0.15) is 12.4 Å². The maximum Gasteiger partial charge on any atom is 0.234 e. The van der Waals surface area contributed by atoms with E-state index in [1.807, 2.05) is 48.9 Å². The summed E-state index contributed by atoms with van der Waals surface area (Å²) in [5, 5.41) is 12.5. The summed E-state index contributed by atoms with van der Waals surface area (Å²) < 4.78 is 7.63. The van der Waals surface area contributed by atoms with Gasteiger partial charge in [-0.2, -0.15) is 0 Å². The Morgan fingerprint density at radius 1 is 1.21 bits per heavy atom. The number of thioether (sulfide) groups is 1. The molecular formula is C21H23ClN4O2S. The van der Waals surface area contributed by atoms with Gasteiger partial charge in [0.2, 0.25) is 5.91 Å². The highest BCUT2D eigenvalue weighted by atomic mass is 35.5. The van der Waals surface area contributed by atoms with Gasteiger partial charge < -0.3 is 14.6 Å². The van der Waals surface area contributed by atoms with Crippen LogP contribution in [-0.2, 0) is 24.9 Å². The SMILES string of the molecule is CCc1ccc(OCc2nnc(SCC(=O)Nc3ccc(Cl)cc3C)n2C)cc1. The van der Waals surface area contributed by atoms with Crippen molar-refractivity contribution in [3.63, 3.8) is 0 Å². The number of ether oxygens (including phenoxy) is 1. The zero-order valence-corrected chi connectivity index (χ0v) is 18.2. The van der Waals surface area contributed by atoms with Gasteiger partial charge in [-0.15, -0.1) is 10.2 Å². The van der Waals surface area contributed by atoms with Crippen molar-refractivity contribution in [2.45, 2.75) is 32.0 Å². The van der Waals surface area contributed by atoms with Gasteiger partial charge in [0.25, 0.3) is 0 Å². The molecule has 1 N–H and O–H groups in total. The topological polar surface area (TPSA) is 69.0 Å². The number of rotatable bonds is 8. The molecule has 0 unspecified atom stereocenters. The highest BCUT2D eigenvalue weighted by Crippen LogP contribution is 2.21. The predicted octanol–water partition coefficient (Wildman–Crippen LogP) is 4.65. The number of hydrogen-bond donors (Lipinski definition) is 1. The lowest BCUT2D eigenvalue weighted by atomic mass is 10.2. The van der Waals surface area contributed by atoms with E-state index in [2.05, 4.69) is 22.4 Å². The molecule has 3 rings (SSSR count). The Kier molecular flexibility index (Phi) is 7.17. The third-order valence-electron chi connectivity index (χ3n) is 4.42. The first kappa shape index (κ1) is 21.2. The lowest BCUT2D eigenvalue weighted by molar-refractivity contribution is -0.113. The number of amides is 1. The Hall–Kier alpha value is -2.51. The molecule has 0 saturated carbocycles. The minimum atomic E-state index is -0.114. The summed E-state index contributed by atoms with van der Waals surface area (Å²) in [5.74, 6) is 1.60. The van der Waals surface area contributed by atoms with Crippen molar-refractivity contribution in [2.24, 2.45) is 7.05 Å². The van der Waals surface area contributed by atoms with Crippen LogP contribution in [0.3, 0.4) is 0 Å². The molecule has 1 aromatic heterocycles. The van der Waals surface area contributed by atoms with Gasteiger partial charge in [0, 0.05) is 17.8 Å². The molecule has 0 saturated heterocycles. The summed E-state index contributed by atoms with van der Waals surface area (Å²) in [6, 6.07) is 13.4. The second-order valence-corrected chi connectivity index (χ2v) is 7.92. The lowest BCUT2D eigenvalue weighted by Crippen LogP contribution is -2.15. The number of hydrogen-bond acceptors (Lipinski definition) is 5. The lowest BCUT2D eigenvalue weighted by Gasteiger charge is -2.09. The van der Waals surface area contributed by atoms with Crippen LogP contribution in [0.1, 0.15) is 23.9 Å². The van der Waals surface area contributed by atoms with E-state index in [1.165, 1.54) is 17.3 Å². The molecule has 0 atom stereocenters. The monoisotopic (exact) mass is 430 g/mol. The summed E-state index contributed by atoms with van der Waals surface area (Å²) in [6.45, 7) is 4.33. The molecular weight excluding hydrogens is 408 g/mol. The molecule has 1 heterocycles. The summed E-state index contributed by atoms with van der Waals surface area (Å²) in [6.07, 6.45) is 0.995. The quantitative estimate of drug-likeness (QED) is 0.527. The van der Waals surface area contributed by atoms with Crippen molar-refractivity contribution < 1.29 is 9.53 Å². The van der Waals surface area contributed by atoms with Gasteiger partial charge in [-0.05, 0) is 54.8 Å². The van der Waals surface area contributed by atoms with Crippen LogP contribution in [0.4, 0.5) is 5.69 Å². The summed E-state index contributed by atoms with van der Waals surface area (Å²) in [7, 11) is 1.86. The first-order chi connectivity index (χ1) is 14.0. The minimum absolute atomic E-state index is 0.114. The number of anilines is 1.